The van der Waals surface area contributed by atoms with Gasteiger partial charge in [0.1, 0.15) is 22.9 Å². The minimum Gasteiger partial charge on any atom is -0.479 e. The zero-order valence-electron chi connectivity index (χ0n) is 41.5. The van der Waals surface area contributed by atoms with Crippen LogP contribution < -0.4 is 18.9 Å². The molecule has 1 atom stereocenters. The number of unbranched alkanes of at least 4 members (excludes halogenated alkanes) is 10. The first-order valence-corrected chi connectivity index (χ1v) is 27.5. The smallest absolute Gasteiger partial charge is 0.372 e. The highest BCUT2D eigenvalue weighted by Gasteiger charge is 2.17. The third kappa shape index (κ3) is 21.4. The SMILES string of the molecule is CC(Oc1ccc(Oc2cnc3cc(Cl)ccc3n2)cc1)C(=O)O.CCCCCCCCSC(=O)Oc1cc(Cl)nnc1-c1ccccc1.CCCCCCCCSC(=O)Oc1cc(Cl)nnc1-c1ccccc1. The number of carbonyl (C=O) groups is 3. The Bertz CT molecular complexity index is 2710. The summed E-state index contributed by atoms with van der Waals surface area (Å²) in [7, 11) is 0. The van der Waals surface area contributed by atoms with E-state index >= 15 is 0 Å². The van der Waals surface area contributed by atoms with Gasteiger partial charge >= 0.3 is 16.6 Å². The van der Waals surface area contributed by atoms with Gasteiger partial charge in [0.15, 0.2) is 27.9 Å². The summed E-state index contributed by atoms with van der Waals surface area (Å²) in [6.07, 6.45) is 15.0. The van der Waals surface area contributed by atoms with E-state index in [1.54, 1.807) is 42.5 Å². The minimum absolute atomic E-state index is 0.198. The fourth-order valence-electron chi connectivity index (χ4n) is 6.74. The third-order valence-electron chi connectivity index (χ3n) is 10.6. The Balaban J connectivity index is 0.000000206. The molecule has 0 bridgehead atoms. The van der Waals surface area contributed by atoms with Crippen molar-refractivity contribution in [3.8, 4) is 51.4 Å². The molecular formula is C55H59Cl3N6O8S2. The summed E-state index contributed by atoms with van der Waals surface area (Å²) in [5.41, 5.74) is 4.04. The molecule has 0 aliphatic rings. The molecule has 3 aromatic heterocycles. The van der Waals surface area contributed by atoms with Crippen molar-refractivity contribution in [2.75, 3.05) is 11.5 Å². The quantitative estimate of drug-likeness (QED) is 0.0470. The first-order chi connectivity index (χ1) is 35.9. The Morgan fingerprint density at radius 1 is 0.568 bits per heavy atom. The van der Waals surface area contributed by atoms with Gasteiger partial charge < -0.3 is 24.1 Å². The number of carboxylic acid groups (broad SMARTS) is 1. The molecule has 0 amide bonds. The zero-order valence-corrected chi connectivity index (χ0v) is 45.4. The lowest BCUT2D eigenvalue weighted by molar-refractivity contribution is -0.144. The van der Waals surface area contributed by atoms with Gasteiger partial charge in [-0.25, -0.2) is 24.4 Å². The summed E-state index contributed by atoms with van der Waals surface area (Å²) in [6, 6.07) is 33.8. The van der Waals surface area contributed by atoms with Gasteiger partial charge in [-0.2, -0.15) is 0 Å². The highest BCUT2D eigenvalue weighted by atomic mass is 35.5. The largest absolute Gasteiger partial charge is 0.479 e. The van der Waals surface area contributed by atoms with Crippen LogP contribution in [0.4, 0.5) is 9.59 Å². The number of benzene rings is 4. The van der Waals surface area contributed by atoms with Crippen molar-refractivity contribution in [3.63, 3.8) is 0 Å². The van der Waals surface area contributed by atoms with Gasteiger partial charge in [-0.1, -0.05) is 174 Å². The predicted molar refractivity (Wildman–Crippen MR) is 297 cm³/mol. The van der Waals surface area contributed by atoms with Gasteiger partial charge in [0, 0.05) is 39.8 Å². The molecule has 1 unspecified atom stereocenters. The normalized spacial score (nSPS) is 11.1. The topological polar surface area (TPSA) is 186 Å². The van der Waals surface area contributed by atoms with Crippen LogP contribution in [-0.2, 0) is 4.79 Å². The number of fused-ring (bicyclic) bond motifs is 1. The molecule has 3 heterocycles. The molecule has 0 spiro atoms. The van der Waals surface area contributed by atoms with Gasteiger partial charge in [-0.15, -0.1) is 20.4 Å². The highest BCUT2D eigenvalue weighted by Crippen LogP contribution is 2.32. The Morgan fingerprint density at radius 2 is 1.04 bits per heavy atom. The summed E-state index contributed by atoms with van der Waals surface area (Å²) in [6.45, 7) is 5.87. The van der Waals surface area contributed by atoms with E-state index in [0.717, 1.165) is 48.3 Å². The molecule has 7 rings (SSSR count). The van der Waals surface area contributed by atoms with E-state index in [0.29, 0.717) is 56.3 Å². The molecule has 390 valence electrons. The predicted octanol–water partition coefficient (Wildman–Crippen LogP) is 16.7. The van der Waals surface area contributed by atoms with Crippen LogP contribution in [0.5, 0.6) is 28.9 Å². The van der Waals surface area contributed by atoms with E-state index in [1.807, 2.05) is 60.7 Å². The number of halogens is 3. The highest BCUT2D eigenvalue weighted by molar-refractivity contribution is 8.13. The van der Waals surface area contributed by atoms with Crippen molar-refractivity contribution in [3.05, 3.63) is 137 Å². The summed E-state index contributed by atoms with van der Waals surface area (Å²) >= 11 is 20.1. The Hall–Kier alpha value is -6.04. The number of carbonyl (C=O) groups excluding carboxylic acids is 2. The number of thioether (sulfide) groups is 2. The summed E-state index contributed by atoms with van der Waals surface area (Å²) < 4.78 is 21.8. The maximum atomic E-state index is 12.1. The number of nitrogens with zero attached hydrogens (tertiary/aromatic N) is 6. The molecule has 0 radical (unpaired) electrons. The molecule has 74 heavy (non-hydrogen) atoms. The van der Waals surface area contributed by atoms with Crippen molar-refractivity contribution < 1.29 is 38.4 Å². The van der Waals surface area contributed by atoms with E-state index in [4.69, 9.17) is 58.9 Å². The zero-order chi connectivity index (χ0) is 52.9. The van der Waals surface area contributed by atoms with Gasteiger partial charge in [0.2, 0.25) is 5.88 Å². The Labute approximate surface area is 455 Å². The van der Waals surface area contributed by atoms with Gasteiger partial charge in [0.05, 0.1) is 17.2 Å². The van der Waals surface area contributed by atoms with Gasteiger partial charge in [0.25, 0.3) is 0 Å². The molecule has 0 aliphatic heterocycles. The van der Waals surface area contributed by atoms with E-state index in [2.05, 4.69) is 44.2 Å². The summed E-state index contributed by atoms with van der Waals surface area (Å²) in [4.78, 5) is 43.6. The number of aromatic nitrogens is 6. The van der Waals surface area contributed by atoms with Crippen molar-refractivity contribution in [2.45, 2.75) is 104 Å². The first kappa shape index (κ1) is 58.8. The molecule has 0 saturated carbocycles. The van der Waals surface area contributed by atoms with Crippen molar-refractivity contribution in [2.24, 2.45) is 0 Å². The lowest BCUT2D eigenvalue weighted by atomic mass is 10.1. The second-order valence-electron chi connectivity index (χ2n) is 16.4. The lowest BCUT2D eigenvalue weighted by Gasteiger charge is -2.11. The number of hydrogen-bond acceptors (Lipinski definition) is 15. The second kappa shape index (κ2) is 33.0. The minimum atomic E-state index is -1.03. The van der Waals surface area contributed by atoms with Crippen LogP contribution in [0.15, 0.2) is 121 Å². The van der Waals surface area contributed by atoms with Crippen LogP contribution >= 0.6 is 58.3 Å². The monoisotopic (exact) mass is 1100 g/mol. The van der Waals surface area contributed by atoms with Crippen LogP contribution in [0.25, 0.3) is 33.5 Å². The van der Waals surface area contributed by atoms with Crippen LogP contribution in [0, 0.1) is 0 Å². The Morgan fingerprint density at radius 3 is 1.53 bits per heavy atom. The number of carboxylic acids is 1. The number of hydrogen-bond donors (Lipinski definition) is 1. The number of rotatable bonds is 23. The van der Waals surface area contributed by atoms with E-state index in [-0.39, 0.29) is 20.9 Å². The molecule has 19 heteroatoms. The standard InChI is InChI=1S/2C19H23ClN2O2S.C17H13ClN2O4/c2*1-2-3-4-5-6-10-13-25-19(23)24-16-14-17(20)21-22-18(16)15-11-8-7-9-12-15;1-10(17(21)22)23-12-3-5-13(6-4-12)24-16-9-19-15-8-11(18)2-7-14(15)20-16/h2*7-9,11-12,14H,2-6,10,13H2,1H3;2-10H,1H3,(H,21,22). The maximum absolute atomic E-state index is 12.1. The van der Waals surface area contributed by atoms with Crippen molar-refractivity contribution >= 4 is 85.9 Å². The molecule has 0 fully saturated rings. The molecule has 4 aromatic carbocycles. The van der Waals surface area contributed by atoms with Crippen LogP contribution in [0.1, 0.15) is 97.8 Å². The second-order valence-corrected chi connectivity index (χ2v) is 19.7. The van der Waals surface area contributed by atoms with E-state index in [1.165, 1.54) is 100 Å². The molecule has 0 aliphatic carbocycles. The van der Waals surface area contributed by atoms with Gasteiger partial charge in [-0.3, -0.25) is 0 Å². The van der Waals surface area contributed by atoms with E-state index in [9.17, 15) is 14.4 Å². The molecule has 7 aromatic rings. The number of aliphatic carboxylic acids is 1. The van der Waals surface area contributed by atoms with Gasteiger partial charge in [-0.05, 0) is 85.8 Å². The Kier molecular flexibility index (Phi) is 26.2. The fraction of sp³-hybridized carbons (Fsp3) is 0.327. The molecular weight excluding hydrogens is 1040 g/mol. The van der Waals surface area contributed by atoms with E-state index < -0.39 is 12.1 Å². The van der Waals surface area contributed by atoms with Crippen molar-refractivity contribution in [1.82, 2.24) is 30.4 Å². The average molecular weight is 1100 g/mol. The van der Waals surface area contributed by atoms with Crippen LogP contribution in [0.2, 0.25) is 15.3 Å². The lowest BCUT2D eigenvalue weighted by Crippen LogP contribution is -2.22. The third-order valence-corrected chi connectivity index (χ3v) is 12.8. The van der Waals surface area contributed by atoms with Crippen LogP contribution in [0.3, 0.4) is 0 Å². The van der Waals surface area contributed by atoms with Crippen LogP contribution in [-0.4, -0.2) is 69.7 Å². The van der Waals surface area contributed by atoms with Crippen molar-refractivity contribution in [1.29, 1.82) is 0 Å². The fourth-order valence-corrected chi connectivity index (χ4v) is 8.51. The maximum Gasteiger partial charge on any atom is 0.372 e. The molecule has 14 nitrogen and oxygen atoms in total. The number of ether oxygens (including phenoxy) is 4. The molecule has 0 saturated heterocycles. The summed E-state index contributed by atoms with van der Waals surface area (Å²) in [5, 5.41) is 25.0. The first-order valence-electron chi connectivity index (χ1n) is 24.4. The summed E-state index contributed by atoms with van der Waals surface area (Å²) in [5.74, 6) is 2.50. The molecule has 1 N–H and O–H groups in total. The average Bonchev–Trinajstić information content (AvgIpc) is 3.39.